The van der Waals surface area contributed by atoms with Crippen LogP contribution in [0.2, 0.25) is 0 Å². The lowest BCUT2D eigenvalue weighted by molar-refractivity contribution is 0.0601. The fourth-order valence-electron chi connectivity index (χ4n) is 5.44. The van der Waals surface area contributed by atoms with Crippen LogP contribution in [-0.4, -0.2) is 22.9 Å². The van der Waals surface area contributed by atoms with Gasteiger partial charge >= 0.3 is 5.97 Å². The van der Waals surface area contributed by atoms with E-state index in [4.69, 9.17) is 9.84 Å². The van der Waals surface area contributed by atoms with Gasteiger partial charge in [0.1, 0.15) is 5.54 Å². The number of benzene rings is 5. The molecule has 4 nitrogen and oxygen atoms in total. The molecule has 0 aliphatic carbocycles. The molecule has 0 radical (unpaired) electrons. The lowest BCUT2D eigenvalue weighted by Crippen LogP contribution is -2.38. The SMILES string of the molecule is COC(=O)c1ccccc1-c1ccc(-c2ccn(C(c3ccccc3)(c3ccccc3)c3ccccc3)n2)cc1. The predicted molar refractivity (Wildman–Crippen MR) is 159 cm³/mol. The minimum Gasteiger partial charge on any atom is -0.465 e. The van der Waals surface area contributed by atoms with E-state index < -0.39 is 5.54 Å². The molecule has 0 saturated carbocycles. The average molecular weight is 521 g/mol. The number of carbonyl (C=O) groups is 1. The van der Waals surface area contributed by atoms with Gasteiger partial charge in [-0.1, -0.05) is 133 Å². The van der Waals surface area contributed by atoms with Gasteiger partial charge in [-0.3, -0.25) is 4.68 Å². The van der Waals surface area contributed by atoms with Crippen molar-refractivity contribution in [2.24, 2.45) is 0 Å². The number of rotatable bonds is 7. The second-order valence-electron chi connectivity index (χ2n) is 9.57. The summed E-state index contributed by atoms with van der Waals surface area (Å²) in [5.41, 5.74) is 6.87. The molecular formula is C36H28N2O2. The molecule has 0 saturated heterocycles. The Kier molecular flexibility index (Phi) is 6.82. The molecule has 0 spiro atoms. The molecule has 40 heavy (non-hydrogen) atoms. The van der Waals surface area contributed by atoms with Gasteiger partial charge in [-0.05, 0) is 39.9 Å². The van der Waals surface area contributed by atoms with Crippen LogP contribution in [0.1, 0.15) is 27.0 Å². The first kappa shape index (κ1) is 25.1. The Labute approximate surface area is 234 Å². The van der Waals surface area contributed by atoms with E-state index in [-0.39, 0.29) is 5.97 Å². The molecule has 6 aromatic rings. The maximum atomic E-state index is 12.3. The van der Waals surface area contributed by atoms with Crippen molar-refractivity contribution in [3.8, 4) is 22.4 Å². The van der Waals surface area contributed by atoms with Crippen molar-refractivity contribution in [3.05, 3.63) is 174 Å². The molecular weight excluding hydrogens is 492 g/mol. The van der Waals surface area contributed by atoms with E-state index >= 15 is 0 Å². The van der Waals surface area contributed by atoms with Crippen molar-refractivity contribution in [3.63, 3.8) is 0 Å². The lowest BCUT2D eigenvalue weighted by atomic mass is 9.77. The molecule has 0 bridgehead atoms. The Hall–Kier alpha value is -5.22. The van der Waals surface area contributed by atoms with Crippen LogP contribution in [0.4, 0.5) is 0 Å². The molecule has 194 valence electrons. The minimum atomic E-state index is -0.665. The highest BCUT2D eigenvalue weighted by molar-refractivity contribution is 5.97. The number of aromatic nitrogens is 2. The lowest BCUT2D eigenvalue weighted by Gasteiger charge is -2.36. The second kappa shape index (κ2) is 10.9. The Morgan fingerprint density at radius 3 is 1.60 bits per heavy atom. The largest absolute Gasteiger partial charge is 0.465 e. The van der Waals surface area contributed by atoms with Crippen molar-refractivity contribution < 1.29 is 9.53 Å². The maximum absolute atomic E-state index is 12.3. The molecule has 6 rings (SSSR count). The van der Waals surface area contributed by atoms with Gasteiger partial charge in [0.25, 0.3) is 0 Å². The number of hydrogen-bond acceptors (Lipinski definition) is 3. The molecule has 0 fully saturated rings. The van der Waals surface area contributed by atoms with E-state index in [1.807, 2.05) is 60.7 Å². The van der Waals surface area contributed by atoms with E-state index in [0.29, 0.717) is 5.56 Å². The number of nitrogens with zero attached hydrogens (tertiary/aromatic N) is 2. The van der Waals surface area contributed by atoms with E-state index in [1.54, 1.807) is 6.07 Å². The summed E-state index contributed by atoms with van der Waals surface area (Å²) in [6.45, 7) is 0. The van der Waals surface area contributed by atoms with E-state index in [9.17, 15) is 4.79 Å². The molecule has 0 amide bonds. The molecule has 1 heterocycles. The van der Waals surface area contributed by atoms with E-state index in [0.717, 1.165) is 39.1 Å². The Morgan fingerprint density at radius 2 is 1.07 bits per heavy atom. The third kappa shape index (κ3) is 4.40. The zero-order chi connectivity index (χ0) is 27.4. The van der Waals surface area contributed by atoms with E-state index in [1.165, 1.54) is 7.11 Å². The minimum absolute atomic E-state index is 0.350. The average Bonchev–Trinajstić information content (AvgIpc) is 3.53. The Morgan fingerprint density at radius 1 is 0.600 bits per heavy atom. The first-order valence-electron chi connectivity index (χ1n) is 13.2. The van der Waals surface area contributed by atoms with Crippen LogP contribution < -0.4 is 0 Å². The highest BCUT2D eigenvalue weighted by atomic mass is 16.5. The molecule has 4 heteroatoms. The van der Waals surface area contributed by atoms with Crippen LogP contribution in [0.25, 0.3) is 22.4 Å². The highest BCUT2D eigenvalue weighted by Gasteiger charge is 2.39. The molecule has 0 unspecified atom stereocenters. The number of methoxy groups -OCH3 is 1. The third-order valence-electron chi connectivity index (χ3n) is 7.33. The summed E-state index contributed by atoms with van der Waals surface area (Å²) in [6, 6.07) is 49.2. The molecule has 0 aliphatic rings. The summed E-state index contributed by atoms with van der Waals surface area (Å²) in [5.74, 6) is -0.350. The fourth-order valence-corrected chi connectivity index (χ4v) is 5.44. The topological polar surface area (TPSA) is 44.1 Å². The van der Waals surface area contributed by atoms with Gasteiger partial charge in [0.2, 0.25) is 0 Å². The standard InChI is InChI=1S/C36H28N2O2/c1-40-35(39)33-20-12-11-19-32(33)27-21-23-28(24-22-27)34-25-26-38(37-34)36(29-13-5-2-6-14-29,30-15-7-3-8-16-30)31-17-9-4-10-18-31/h2-26H,1H3. The van der Waals surface area contributed by atoms with Gasteiger partial charge in [0, 0.05) is 11.8 Å². The quantitative estimate of drug-likeness (QED) is 0.159. The first-order chi connectivity index (χ1) is 19.7. The summed E-state index contributed by atoms with van der Waals surface area (Å²) in [4.78, 5) is 12.3. The molecule has 0 N–H and O–H groups in total. The van der Waals surface area contributed by atoms with Gasteiger partial charge in [-0.15, -0.1) is 0 Å². The van der Waals surface area contributed by atoms with Crippen LogP contribution >= 0.6 is 0 Å². The van der Waals surface area contributed by atoms with Crippen LogP contribution in [-0.2, 0) is 10.3 Å². The van der Waals surface area contributed by atoms with Crippen LogP contribution in [0, 0.1) is 0 Å². The summed E-state index contributed by atoms with van der Waals surface area (Å²) < 4.78 is 7.06. The van der Waals surface area contributed by atoms with Crippen molar-refractivity contribution in [1.82, 2.24) is 9.78 Å². The molecule has 0 atom stereocenters. The van der Waals surface area contributed by atoms with Gasteiger partial charge in [-0.25, -0.2) is 4.79 Å². The fraction of sp³-hybridized carbons (Fsp3) is 0.0556. The first-order valence-corrected chi connectivity index (χ1v) is 13.2. The molecule has 5 aromatic carbocycles. The van der Waals surface area contributed by atoms with Crippen molar-refractivity contribution >= 4 is 5.97 Å². The van der Waals surface area contributed by atoms with Gasteiger partial charge in [-0.2, -0.15) is 5.10 Å². The number of ether oxygens (including phenoxy) is 1. The Balaban J connectivity index is 1.47. The monoisotopic (exact) mass is 520 g/mol. The predicted octanol–water partition coefficient (Wildman–Crippen LogP) is 7.84. The van der Waals surface area contributed by atoms with Crippen molar-refractivity contribution in [1.29, 1.82) is 0 Å². The number of esters is 1. The van der Waals surface area contributed by atoms with Gasteiger partial charge in [0.05, 0.1) is 18.4 Å². The summed E-state index contributed by atoms with van der Waals surface area (Å²) >= 11 is 0. The van der Waals surface area contributed by atoms with Crippen LogP contribution in [0.15, 0.2) is 152 Å². The third-order valence-corrected chi connectivity index (χ3v) is 7.33. The summed E-state index contributed by atoms with van der Waals surface area (Å²) in [6.07, 6.45) is 2.06. The van der Waals surface area contributed by atoms with Crippen molar-refractivity contribution in [2.45, 2.75) is 5.54 Å². The highest BCUT2D eigenvalue weighted by Crippen LogP contribution is 2.41. The van der Waals surface area contributed by atoms with E-state index in [2.05, 4.69) is 89.7 Å². The van der Waals surface area contributed by atoms with Gasteiger partial charge in [0.15, 0.2) is 0 Å². The zero-order valence-electron chi connectivity index (χ0n) is 22.1. The smallest absolute Gasteiger partial charge is 0.338 e. The normalized spacial score (nSPS) is 11.2. The molecule has 1 aromatic heterocycles. The number of carbonyl (C=O) groups excluding carboxylic acids is 1. The number of hydrogen-bond donors (Lipinski definition) is 0. The summed E-state index contributed by atoms with van der Waals surface area (Å²) in [5, 5.41) is 5.19. The maximum Gasteiger partial charge on any atom is 0.338 e. The summed E-state index contributed by atoms with van der Waals surface area (Å²) in [7, 11) is 1.40. The van der Waals surface area contributed by atoms with Crippen molar-refractivity contribution in [2.75, 3.05) is 7.11 Å². The second-order valence-corrected chi connectivity index (χ2v) is 9.57. The Bertz CT molecular complexity index is 1630. The van der Waals surface area contributed by atoms with Crippen LogP contribution in [0.5, 0.6) is 0 Å². The molecule has 0 aliphatic heterocycles. The van der Waals surface area contributed by atoms with Gasteiger partial charge < -0.3 is 4.74 Å². The zero-order valence-corrected chi connectivity index (χ0v) is 22.1. The van der Waals surface area contributed by atoms with Crippen LogP contribution in [0.3, 0.4) is 0 Å².